The summed E-state index contributed by atoms with van der Waals surface area (Å²) < 4.78 is 60.4. The molecule has 1 N–H and O–H groups in total. The summed E-state index contributed by atoms with van der Waals surface area (Å²) in [5.74, 6) is -8.20. The molecule has 1 aromatic carbocycles. The van der Waals surface area contributed by atoms with E-state index < -0.39 is 40.3 Å². The number of carbonyl (C=O) groups excluding carboxylic acids is 1. The normalized spacial score (nSPS) is 13.3. The highest BCUT2D eigenvalue weighted by atomic mass is 32.1. The molecule has 0 saturated heterocycles. The number of halogens is 4. The zero-order chi connectivity index (χ0) is 18.3. The van der Waals surface area contributed by atoms with E-state index in [4.69, 9.17) is 4.74 Å². The van der Waals surface area contributed by atoms with Crippen LogP contribution < -0.4 is 5.32 Å². The fraction of sp³-hybridized carbons (Fsp3) is 0.250. The second kappa shape index (κ2) is 6.46. The molecule has 0 fully saturated rings. The van der Waals surface area contributed by atoms with Crippen LogP contribution in [0.5, 0.6) is 0 Å². The minimum Gasteiger partial charge on any atom is -0.376 e. The van der Waals surface area contributed by atoms with Crippen molar-refractivity contribution in [1.82, 2.24) is 0 Å². The van der Waals surface area contributed by atoms with E-state index in [0.29, 0.717) is 23.5 Å². The molecule has 0 radical (unpaired) electrons. The van der Waals surface area contributed by atoms with Crippen molar-refractivity contribution in [2.75, 3.05) is 11.9 Å². The van der Waals surface area contributed by atoms with E-state index in [1.165, 1.54) is 0 Å². The van der Waals surface area contributed by atoms with Gasteiger partial charge in [-0.25, -0.2) is 17.6 Å². The highest BCUT2D eigenvalue weighted by Crippen LogP contribution is 2.36. The van der Waals surface area contributed by atoms with Gasteiger partial charge in [-0.3, -0.25) is 4.79 Å². The SMILES string of the molecule is Cc1c(F)c(F)c(C(=O)Nc2sc3c(c2C#N)CCOC3)c(F)c1F. The first-order chi connectivity index (χ1) is 11.9. The van der Waals surface area contributed by atoms with Crippen molar-refractivity contribution in [1.29, 1.82) is 5.26 Å². The Hall–Kier alpha value is -2.44. The van der Waals surface area contributed by atoms with Gasteiger partial charge in [-0.2, -0.15) is 5.26 Å². The average molecular weight is 370 g/mol. The van der Waals surface area contributed by atoms with Crippen LogP contribution >= 0.6 is 11.3 Å². The summed E-state index contributed by atoms with van der Waals surface area (Å²) in [7, 11) is 0. The number of ether oxygens (including phenoxy) is 1. The largest absolute Gasteiger partial charge is 0.376 e. The number of carbonyl (C=O) groups is 1. The molecule has 0 aliphatic carbocycles. The third-order valence-electron chi connectivity index (χ3n) is 3.87. The Morgan fingerprint density at radius 2 is 1.84 bits per heavy atom. The molecule has 0 atom stereocenters. The van der Waals surface area contributed by atoms with Crippen LogP contribution in [0.2, 0.25) is 0 Å². The van der Waals surface area contributed by atoms with Crippen LogP contribution in [-0.2, 0) is 17.8 Å². The van der Waals surface area contributed by atoms with Crippen LogP contribution in [0.3, 0.4) is 0 Å². The molecule has 25 heavy (non-hydrogen) atoms. The van der Waals surface area contributed by atoms with Gasteiger partial charge in [0.15, 0.2) is 23.3 Å². The van der Waals surface area contributed by atoms with Gasteiger partial charge in [0, 0.05) is 10.4 Å². The Labute approximate surface area is 143 Å². The molecule has 0 bridgehead atoms. The molecular formula is C16H10F4N2O2S. The minimum absolute atomic E-state index is 0.0585. The first-order valence-corrected chi connectivity index (χ1v) is 7.94. The van der Waals surface area contributed by atoms with Crippen molar-refractivity contribution in [3.63, 3.8) is 0 Å². The maximum atomic E-state index is 13.9. The van der Waals surface area contributed by atoms with Crippen molar-refractivity contribution in [3.05, 3.63) is 50.4 Å². The number of benzene rings is 1. The first-order valence-electron chi connectivity index (χ1n) is 7.13. The molecule has 2 aromatic rings. The average Bonchev–Trinajstić information content (AvgIpc) is 2.95. The fourth-order valence-corrected chi connectivity index (χ4v) is 3.68. The van der Waals surface area contributed by atoms with Crippen LogP contribution in [0.4, 0.5) is 22.6 Å². The van der Waals surface area contributed by atoms with Gasteiger partial charge in [0.1, 0.15) is 16.6 Å². The van der Waals surface area contributed by atoms with Gasteiger partial charge < -0.3 is 10.1 Å². The van der Waals surface area contributed by atoms with Gasteiger partial charge >= 0.3 is 0 Å². The summed E-state index contributed by atoms with van der Waals surface area (Å²) in [5.41, 5.74) is -1.37. The lowest BCUT2D eigenvalue weighted by Gasteiger charge is -2.11. The van der Waals surface area contributed by atoms with Crippen molar-refractivity contribution in [3.8, 4) is 6.07 Å². The molecule has 9 heteroatoms. The Morgan fingerprint density at radius 3 is 2.44 bits per heavy atom. The predicted molar refractivity (Wildman–Crippen MR) is 81.4 cm³/mol. The summed E-state index contributed by atoms with van der Waals surface area (Å²) in [6.45, 7) is 1.52. The van der Waals surface area contributed by atoms with E-state index in [1.807, 2.05) is 6.07 Å². The van der Waals surface area contributed by atoms with E-state index in [9.17, 15) is 27.6 Å². The standard InChI is InChI=1S/C16H10F4N2O2S/c1-6-11(17)13(19)10(14(20)12(6)18)15(23)22-16-8(4-21)7-2-3-24-5-9(7)25-16/h2-3,5H2,1H3,(H,22,23). The molecule has 4 nitrogen and oxygen atoms in total. The quantitative estimate of drug-likeness (QED) is 0.646. The van der Waals surface area contributed by atoms with E-state index in [0.717, 1.165) is 18.3 Å². The summed E-state index contributed by atoms with van der Waals surface area (Å²) in [5, 5.41) is 11.5. The maximum absolute atomic E-state index is 13.9. The van der Waals surface area contributed by atoms with Crippen LogP contribution in [0.15, 0.2) is 0 Å². The number of rotatable bonds is 2. The lowest BCUT2D eigenvalue weighted by Crippen LogP contribution is -2.19. The van der Waals surface area contributed by atoms with Gasteiger partial charge in [0.05, 0.1) is 18.8 Å². The van der Waals surface area contributed by atoms with Crippen LogP contribution in [-0.4, -0.2) is 12.5 Å². The summed E-state index contributed by atoms with van der Waals surface area (Å²) in [4.78, 5) is 12.9. The van der Waals surface area contributed by atoms with Gasteiger partial charge in [0.25, 0.3) is 5.91 Å². The molecule has 130 valence electrons. The molecular weight excluding hydrogens is 360 g/mol. The van der Waals surface area contributed by atoms with Crippen LogP contribution in [0.25, 0.3) is 0 Å². The predicted octanol–water partition coefficient (Wildman–Crippen LogP) is 3.81. The van der Waals surface area contributed by atoms with Crippen LogP contribution in [0.1, 0.15) is 31.9 Å². The summed E-state index contributed by atoms with van der Waals surface area (Å²) in [6, 6.07) is 1.93. The molecule has 0 spiro atoms. The van der Waals surface area contributed by atoms with E-state index in [1.54, 1.807) is 0 Å². The van der Waals surface area contributed by atoms with Crippen LogP contribution in [0, 0.1) is 41.5 Å². The second-order valence-corrected chi connectivity index (χ2v) is 6.44. The van der Waals surface area contributed by atoms with E-state index in [2.05, 4.69) is 5.32 Å². The fourth-order valence-electron chi connectivity index (χ4n) is 2.55. The molecule has 1 amide bonds. The number of thiophene rings is 1. The van der Waals surface area contributed by atoms with Gasteiger partial charge in [-0.05, 0) is 18.9 Å². The number of fused-ring (bicyclic) bond motifs is 1. The zero-order valence-corrected chi connectivity index (χ0v) is 13.6. The van der Waals surface area contributed by atoms with E-state index >= 15 is 0 Å². The highest BCUT2D eigenvalue weighted by Gasteiger charge is 2.29. The van der Waals surface area contributed by atoms with Crippen molar-refractivity contribution >= 4 is 22.2 Å². The molecule has 0 saturated carbocycles. The first kappa shape index (κ1) is 17.4. The van der Waals surface area contributed by atoms with Gasteiger partial charge in [-0.15, -0.1) is 11.3 Å². The molecule has 1 aliphatic heterocycles. The second-order valence-electron chi connectivity index (χ2n) is 5.33. The smallest absolute Gasteiger partial charge is 0.262 e. The lowest BCUT2D eigenvalue weighted by atomic mass is 10.1. The Balaban J connectivity index is 2.03. The number of nitrogens with one attached hydrogen (secondary N) is 1. The summed E-state index contributed by atoms with van der Waals surface area (Å²) >= 11 is 1.02. The number of hydrogen-bond acceptors (Lipinski definition) is 4. The molecule has 0 unspecified atom stereocenters. The number of nitriles is 1. The van der Waals surface area contributed by atoms with Gasteiger partial charge in [0.2, 0.25) is 0 Å². The molecule has 3 rings (SSSR count). The third-order valence-corrected chi connectivity index (χ3v) is 4.99. The third kappa shape index (κ3) is 2.77. The monoisotopic (exact) mass is 370 g/mol. The Kier molecular flexibility index (Phi) is 4.49. The summed E-state index contributed by atoms with van der Waals surface area (Å²) in [6.07, 6.45) is 0.459. The lowest BCUT2D eigenvalue weighted by molar-refractivity contribution is 0.101. The minimum atomic E-state index is -1.78. The number of hydrogen-bond donors (Lipinski definition) is 1. The number of nitrogens with zero attached hydrogens (tertiary/aromatic N) is 1. The maximum Gasteiger partial charge on any atom is 0.262 e. The zero-order valence-electron chi connectivity index (χ0n) is 12.8. The van der Waals surface area contributed by atoms with Crippen molar-refractivity contribution in [2.24, 2.45) is 0 Å². The van der Waals surface area contributed by atoms with E-state index in [-0.39, 0.29) is 17.2 Å². The van der Waals surface area contributed by atoms with Gasteiger partial charge in [-0.1, -0.05) is 0 Å². The van der Waals surface area contributed by atoms with Crippen molar-refractivity contribution < 1.29 is 27.1 Å². The van der Waals surface area contributed by atoms with Crippen molar-refractivity contribution in [2.45, 2.75) is 20.0 Å². The molecule has 1 aliphatic rings. The molecule has 1 aromatic heterocycles. The highest BCUT2D eigenvalue weighted by molar-refractivity contribution is 7.16. The Bertz CT molecular complexity index is 904. The molecule has 2 heterocycles. The topological polar surface area (TPSA) is 62.1 Å². The Morgan fingerprint density at radius 1 is 1.20 bits per heavy atom. The number of anilines is 1. The number of amides is 1.